The molecule has 1 saturated heterocycles. The minimum absolute atomic E-state index is 0.0334. The van der Waals surface area contributed by atoms with E-state index in [2.05, 4.69) is 10.2 Å². The second-order valence-corrected chi connectivity index (χ2v) is 4.80. The molecule has 7 heteroatoms. The van der Waals surface area contributed by atoms with Crippen LogP contribution in [0.3, 0.4) is 0 Å². The van der Waals surface area contributed by atoms with E-state index in [0.29, 0.717) is 18.8 Å². The van der Waals surface area contributed by atoms with Gasteiger partial charge in [-0.25, -0.2) is 4.39 Å². The Morgan fingerprint density at radius 2 is 2.10 bits per heavy atom. The maximum atomic E-state index is 12.9. The first-order valence-electron chi connectivity index (χ1n) is 6.36. The van der Waals surface area contributed by atoms with Crippen LogP contribution in [0.2, 0.25) is 0 Å². The average molecular weight is 275 g/mol. The van der Waals surface area contributed by atoms with E-state index < -0.39 is 0 Å². The van der Waals surface area contributed by atoms with Crippen molar-refractivity contribution in [2.45, 2.75) is 12.5 Å². The second kappa shape index (κ2) is 5.01. The molecule has 1 atom stereocenters. The van der Waals surface area contributed by atoms with Gasteiger partial charge in [0.25, 0.3) is 5.91 Å². The Bertz CT molecular complexity index is 624. The van der Waals surface area contributed by atoms with Crippen LogP contribution in [0.15, 0.2) is 30.5 Å². The molecular formula is C13H14FN5O. The smallest absolute Gasteiger partial charge is 0.276 e. The van der Waals surface area contributed by atoms with Crippen molar-refractivity contribution in [3.63, 3.8) is 0 Å². The Morgan fingerprint density at radius 3 is 2.75 bits per heavy atom. The van der Waals surface area contributed by atoms with Crippen molar-refractivity contribution >= 4 is 5.91 Å². The first-order chi connectivity index (χ1) is 9.63. The van der Waals surface area contributed by atoms with E-state index in [1.54, 1.807) is 17.0 Å². The summed E-state index contributed by atoms with van der Waals surface area (Å²) in [5, 5.41) is 8.16. The molecule has 1 aromatic carbocycles. The standard InChI is InChI=1S/C13H14FN5O/c14-9-1-3-11(4-2-9)19-16-7-12(17-19)13(20)18-6-5-10(15)8-18/h1-4,7,10H,5-6,8,15H2. The zero-order chi connectivity index (χ0) is 14.1. The van der Waals surface area contributed by atoms with Gasteiger partial charge in [0.05, 0.1) is 11.9 Å². The van der Waals surface area contributed by atoms with E-state index in [1.807, 2.05) is 0 Å². The maximum Gasteiger partial charge on any atom is 0.276 e. The molecule has 1 unspecified atom stereocenters. The largest absolute Gasteiger partial charge is 0.336 e. The molecule has 2 heterocycles. The van der Waals surface area contributed by atoms with Crippen LogP contribution in [-0.4, -0.2) is 44.9 Å². The molecule has 2 N–H and O–H groups in total. The van der Waals surface area contributed by atoms with Crippen LogP contribution in [0.5, 0.6) is 0 Å². The molecule has 2 aromatic rings. The van der Waals surface area contributed by atoms with Gasteiger partial charge in [0.15, 0.2) is 5.69 Å². The summed E-state index contributed by atoms with van der Waals surface area (Å²) in [5.41, 5.74) is 6.65. The van der Waals surface area contributed by atoms with Crippen LogP contribution in [0.25, 0.3) is 5.69 Å². The highest BCUT2D eigenvalue weighted by Gasteiger charge is 2.26. The molecule has 0 spiro atoms. The zero-order valence-corrected chi connectivity index (χ0v) is 10.7. The normalized spacial score (nSPS) is 18.5. The number of benzene rings is 1. The molecule has 20 heavy (non-hydrogen) atoms. The molecule has 1 aliphatic rings. The van der Waals surface area contributed by atoms with Gasteiger partial charge in [0, 0.05) is 19.1 Å². The fourth-order valence-electron chi connectivity index (χ4n) is 2.19. The van der Waals surface area contributed by atoms with Gasteiger partial charge in [-0.2, -0.15) is 9.90 Å². The van der Waals surface area contributed by atoms with Crippen molar-refractivity contribution in [2.75, 3.05) is 13.1 Å². The number of nitrogens with two attached hydrogens (primary N) is 1. The van der Waals surface area contributed by atoms with Gasteiger partial charge in [-0.05, 0) is 30.7 Å². The molecule has 6 nitrogen and oxygen atoms in total. The number of carbonyl (C=O) groups excluding carboxylic acids is 1. The fraction of sp³-hybridized carbons (Fsp3) is 0.308. The predicted octanol–water partition coefficient (Wildman–Crippen LogP) is 0.580. The number of nitrogens with zero attached hydrogens (tertiary/aromatic N) is 4. The Labute approximate surface area is 115 Å². The minimum atomic E-state index is -0.330. The lowest BCUT2D eigenvalue weighted by Crippen LogP contribution is -2.32. The van der Waals surface area contributed by atoms with E-state index in [9.17, 15) is 9.18 Å². The van der Waals surface area contributed by atoms with Crippen LogP contribution in [0.1, 0.15) is 16.9 Å². The van der Waals surface area contributed by atoms with Gasteiger partial charge in [-0.3, -0.25) is 4.79 Å². The number of likely N-dealkylation sites (tertiary alicyclic amines) is 1. The summed E-state index contributed by atoms with van der Waals surface area (Å²) < 4.78 is 12.9. The minimum Gasteiger partial charge on any atom is -0.336 e. The molecular weight excluding hydrogens is 261 g/mol. The molecule has 104 valence electrons. The Balaban J connectivity index is 1.79. The Kier molecular flexibility index (Phi) is 3.19. The molecule has 3 rings (SSSR count). The third kappa shape index (κ3) is 2.39. The monoisotopic (exact) mass is 275 g/mol. The molecule has 1 aliphatic heterocycles. The molecule has 0 saturated carbocycles. The summed E-state index contributed by atoms with van der Waals surface area (Å²) in [6, 6.07) is 5.77. The Hall–Kier alpha value is -2.28. The van der Waals surface area contributed by atoms with E-state index in [4.69, 9.17) is 5.73 Å². The van der Waals surface area contributed by atoms with Crippen molar-refractivity contribution in [3.05, 3.63) is 42.0 Å². The van der Waals surface area contributed by atoms with Crippen LogP contribution >= 0.6 is 0 Å². The summed E-state index contributed by atoms with van der Waals surface area (Å²) in [5.74, 6) is -0.505. The molecule has 0 bridgehead atoms. The SMILES string of the molecule is NC1CCN(C(=O)c2cnn(-c3ccc(F)cc3)n2)C1. The fourth-order valence-corrected chi connectivity index (χ4v) is 2.19. The summed E-state index contributed by atoms with van der Waals surface area (Å²) >= 11 is 0. The van der Waals surface area contributed by atoms with Crippen LogP contribution in [-0.2, 0) is 0 Å². The van der Waals surface area contributed by atoms with Gasteiger partial charge in [0.1, 0.15) is 5.82 Å². The number of hydrogen-bond acceptors (Lipinski definition) is 4. The van der Waals surface area contributed by atoms with Gasteiger partial charge in [0.2, 0.25) is 0 Å². The van der Waals surface area contributed by atoms with E-state index in [0.717, 1.165) is 6.42 Å². The van der Waals surface area contributed by atoms with Crippen molar-refractivity contribution in [2.24, 2.45) is 5.73 Å². The van der Waals surface area contributed by atoms with Gasteiger partial charge >= 0.3 is 0 Å². The van der Waals surface area contributed by atoms with Gasteiger partial charge in [-0.15, -0.1) is 5.10 Å². The predicted molar refractivity (Wildman–Crippen MR) is 69.8 cm³/mol. The van der Waals surface area contributed by atoms with Crippen molar-refractivity contribution in [1.29, 1.82) is 0 Å². The van der Waals surface area contributed by atoms with E-state index >= 15 is 0 Å². The summed E-state index contributed by atoms with van der Waals surface area (Å²) in [4.78, 5) is 15.2. The maximum absolute atomic E-state index is 12.9. The van der Waals surface area contributed by atoms with E-state index in [-0.39, 0.29) is 23.5 Å². The van der Waals surface area contributed by atoms with E-state index in [1.165, 1.54) is 23.1 Å². The number of hydrogen-bond donors (Lipinski definition) is 1. The molecule has 0 radical (unpaired) electrons. The molecule has 1 aromatic heterocycles. The summed E-state index contributed by atoms with van der Waals surface area (Å²) in [6.45, 7) is 1.19. The van der Waals surface area contributed by atoms with Crippen LogP contribution in [0, 0.1) is 5.82 Å². The van der Waals surface area contributed by atoms with Gasteiger partial charge < -0.3 is 10.6 Å². The molecule has 1 amide bonds. The lowest BCUT2D eigenvalue weighted by atomic mass is 10.3. The lowest BCUT2D eigenvalue weighted by molar-refractivity contribution is 0.0784. The second-order valence-electron chi connectivity index (χ2n) is 4.80. The first kappa shape index (κ1) is 12.7. The highest BCUT2D eigenvalue weighted by Crippen LogP contribution is 2.12. The topological polar surface area (TPSA) is 77.0 Å². The van der Waals surface area contributed by atoms with Crippen LogP contribution < -0.4 is 5.73 Å². The number of amides is 1. The Morgan fingerprint density at radius 1 is 1.35 bits per heavy atom. The molecule has 0 aliphatic carbocycles. The number of carbonyl (C=O) groups is 1. The quantitative estimate of drug-likeness (QED) is 0.869. The summed E-state index contributed by atoms with van der Waals surface area (Å²) in [6.07, 6.45) is 2.22. The van der Waals surface area contributed by atoms with Crippen LogP contribution in [0.4, 0.5) is 4.39 Å². The van der Waals surface area contributed by atoms with Gasteiger partial charge in [-0.1, -0.05) is 0 Å². The number of halogens is 1. The average Bonchev–Trinajstić information content (AvgIpc) is 3.08. The summed E-state index contributed by atoms with van der Waals surface area (Å²) in [7, 11) is 0. The number of aromatic nitrogens is 3. The highest BCUT2D eigenvalue weighted by atomic mass is 19.1. The van der Waals surface area contributed by atoms with Crippen molar-refractivity contribution in [1.82, 2.24) is 19.9 Å². The number of rotatable bonds is 2. The van der Waals surface area contributed by atoms with Crippen molar-refractivity contribution < 1.29 is 9.18 Å². The zero-order valence-electron chi connectivity index (χ0n) is 10.7. The van der Waals surface area contributed by atoms with Crippen molar-refractivity contribution in [3.8, 4) is 5.69 Å². The first-order valence-corrected chi connectivity index (χ1v) is 6.36. The third-order valence-corrected chi connectivity index (χ3v) is 3.28. The lowest BCUT2D eigenvalue weighted by Gasteiger charge is -2.13. The highest BCUT2D eigenvalue weighted by molar-refractivity contribution is 5.92. The third-order valence-electron chi connectivity index (χ3n) is 3.28. The molecule has 1 fully saturated rings.